The predicted molar refractivity (Wildman–Crippen MR) is 75.9 cm³/mol. The summed E-state index contributed by atoms with van der Waals surface area (Å²) in [5, 5.41) is 0. The monoisotopic (exact) mass is 228 g/mol. The van der Waals surface area contributed by atoms with Crippen molar-refractivity contribution in [3.8, 4) is 0 Å². The van der Waals surface area contributed by atoms with Gasteiger partial charge in [-0.15, -0.1) is 0 Å². The molecule has 0 spiro atoms. The Hall–Kier alpha value is -2.88. The van der Waals surface area contributed by atoms with Gasteiger partial charge in [-0.05, 0) is 36.5 Å². The topological polar surface area (TPSA) is 0 Å². The van der Waals surface area contributed by atoms with Crippen LogP contribution in [0.3, 0.4) is 0 Å². The van der Waals surface area contributed by atoms with Crippen molar-refractivity contribution in [2.24, 2.45) is 0 Å². The van der Waals surface area contributed by atoms with Crippen LogP contribution in [0.2, 0.25) is 0 Å². The quantitative estimate of drug-likeness (QED) is 0.543. The van der Waals surface area contributed by atoms with Gasteiger partial charge in [0, 0.05) is 0 Å². The zero-order chi connectivity index (χ0) is 12.7. The molecule has 1 aliphatic carbocycles. The molecule has 0 aromatic carbocycles. The fourth-order valence-corrected chi connectivity index (χ4v) is 0.911. The van der Waals surface area contributed by atoms with Gasteiger partial charge >= 0.3 is 0 Å². The normalized spacial score (nSPS) is 18.7. The van der Waals surface area contributed by atoms with E-state index >= 15 is 0 Å². The van der Waals surface area contributed by atoms with E-state index in [1.165, 1.54) is 0 Å². The highest BCUT2D eigenvalue weighted by molar-refractivity contribution is 5.16. The minimum atomic E-state index is 1.77. The Morgan fingerprint density at radius 1 is 0.278 bits per heavy atom. The Labute approximate surface area is 108 Å². The molecule has 18 heavy (non-hydrogen) atoms. The van der Waals surface area contributed by atoms with Crippen molar-refractivity contribution in [3.05, 3.63) is 107 Å². The lowest BCUT2D eigenvalue weighted by Crippen LogP contribution is -1.47. The molecule has 0 atom stereocenters. The van der Waals surface area contributed by atoms with Crippen molar-refractivity contribution >= 4 is 0 Å². The highest BCUT2D eigenvalue weighted by atomic mass is 13.7. The third-order valence-corrected chi connectivity index (χ3v) is 1.66. The smallest absolute Gasteiger partial charge is 0.0115 e. The summed E-state index contributed by atoms with van der Waals surface area (Å²) in [5.41, 5.74) is 17.3. The molecule has 0 N–H and O–H groups in total. The van der Waals surface area contributed by atoms with E-state index in [1.807, 2.05) is 36.5 Å². The lowest BCUT2D eigenvalue weighted by Gasteiger charge is -1.67. The Morgan fingerprint density at radius 2 is 0.444 bits per heavy atom. The fourth-order valence-electron chi connectivity index (χ4n) is 0.911. The highest BCUT2D eigenvalue weighted by Crippen LogP contribution is 1.80. The lowest BCUT2D eigenvalue weighted by atomic mass is 10.4. The van der Waals surface area contributed by atoms with Crippen LogP contribution in [0, 0.1) is 0 Å². The van der Waals surface area contributed by atoms with Gasteiger partial charge in [0.05, 0.1) is 0 Å². The summed E-state index contributed by atoms with van der Waals surface area (Å²) < 4.78 is 0. The lowest BCUT2D eigenvalue weighted by molar-refractivity contribution is 1.89. The highest BCUT2D eigenvalue weighted by Gasteiger charge is 1.60. The van der Waals surface area contributed by atoms with Crippen LogP contribution in [0.4, 0.5) is 0 Å². The molecule has 0 fully saturated rings. The molecule has 0 unspecified atom stereocenters. The Morgan fingerprint density at radius 3 is 0.611 bits per heavy atom. The zero-order valence-corrected chi connectivity index (χ0v) is 9.93. The zero-order valence-electron chi connectivity index (χ0n) is 9.93. The van der Waals surface area contributed by atoms with Gasteiger partial charge in [-0.3, -0.25) is 0 Å². The van der Waals surface area contributed by atoms with Crippen LogP contribution in [0.1, 0.15) is 0 Å². The van der Waals surface area contributed by atoms with Gasteiger partial charge in [-0.1, -0.05) is 70.8 Å². The third-order valence-electron chi connectivity index (χ3n) is 1.66. The Bertz CT molecular complexity index is 488. The number of hydrogen-bond donors (Lipinski definition) is 0. The minimum absolute atomic E-state index is 1.77. The first-order valence-corrected chi connectivity index (χ1v) is 5.48. The number of hydrogen-bond acceptors (Lipinski definition) is 0. The second-order valence-electron chi connectivity index (χ2n) is 3.02. The third kappa shape index (κ3) is 8.43. The molecule has 0 aliphatic heterocycles. The Balaban J connectivity index is 3.01. The summed E-state index contributed by atoms with van der Waals surface area (Å²) >= 11 is 0. The molecule has 0 radical (unpaired) electrons. The SMILES string of the molecule is C1=C=C/C=C\C=C=C=C/C=C\C=C=C=C/C=C\C=1. The van der Waals surface area contributed by atoms with Crippen molar-refractivity contribution in [2.75, 3.05) is 0 Å². The van der Waals surface area contributed by atoms with Gasteiger partial charge < -0.3 is 0 Å². The molecule has 0 aromatic rings. The van der Waals surface area contributed by atoms with Crippen molar-refractivity contribution < 1.29 is 0 Å². The molecule has 0 amide bonds. The average Bonchev–Trinajstić information content (AvgIpc) is 2.39. The summed E-state index contributed by atoms with van der Waals surface area (Å²) in [6.07, 6.45) is 21.7. The van der Waals surface area contributed by atoms with E-state index in [0.717, 1.165) is 0 Å². The second kappa shape index (κ2) is 10.6. The summed E-state index contributed by atoms with van der Waals surface area (Å²) in [6.45, 7) is 0. The van der Waals surface area contributed by atoms with E-state index in [9.17, 15) is 0 Å². The van der Waals surface area contributed by atoms with Crippen molar-refractivity contribution in [1.82, 2.24) is 0 Å². The largest absolute Gasteiger partial charge is 0.0702 e. The van der Waals surface area contributed by atoms with E-state index in [4.69, 9.17) is 0 Å². The van der Waals surface area contributed by atoms with E-state index in [2.05, 4.69) is 34.4 Å². The van der Waals surface area contributed by atoms with Crippen LogP contribution in [0.15, 0.2) is 107 Å². The van der Waals surface area contributed by atoms with Gasteiger partial charge in [0.1, 0.15) is 0 Å². The van der Waals surface area contributed by atoms with E-state index in [0.29, 0.717) is 0 Å². The maximum atomic E-state index is 2.88. The minimum Gasteiger partial charge on any atom is -0.0702 e. The first kappa shape index (κ1) is 13.2. The molecule has 0 nitrogen and oxygen atoms in total. The van der Waals surface area contributed by atoms with Crippen LogP contribution in [0.25, 0.3) is 0 Å². The number of rotatable bonds is 0. The van der Waals surface area contributed by atoms with Gasteiger partial charge in [0.2, 0.25) is 0 Å². The van der Waals surface area contributed by atoms with Gasteiger partial charge in [0.25, 0.3) is 0 Å². The molecule has 0 saturated heterocycles. The Kier molecular flexibility index (Phi) is 7.79. The average molecular weight is 228 g/mol. The second-order valence-corrected chi connectivity index (χ2v) is 3.02. The summed E-state index contributed by atoms with van der Waals surface area (Å²) in [7, 11) is 0. The van der Waals surface area contributed by atoms with Gasteiger partial charge in [0.15, 0.2) is 0 Å². The molecular formula is C18H12. The van der Waals surface area contributed by atoms with E-state index < -0.39 is 0 Å². The first-order valence-electron chi connectivity index (χ1n) is 5.48. The van der Waals surface area contributed by atoms with Crippen molar-refractivity contribution in [2.45, 2.75) is 0 Å². The maximum Gasteiger partial charge on any atom is -0.0115 e. The van der Waals surface area contributed by atoms with Crippen LogP contribution >= 0.6 is 0 Å². The van der Waals surface area contributed by atoms with Crippen LogP contribution in [-0.4, -0.2) is 0 Å². The molecule has 0 bridgehead atoms. The fraction of sp³-hybridized carbons (Fsp3) is 0. The van der Waals surface area contributed by atoms with Gasteiger partial charge in [-0.25, -0.2) is 0 Å². The molecule has 0 aromatic heterocycles. The van der Waals surface area contributed by atoms with Crippen LogP contribution in [0.5, 0.6) is 0 Å². The van der Waals surface area contributed by atoms with Gasteiger partial charge in [-0.2, -0.15) is 0 Å². The number of allylic oxidation sites excluding steroid dienone is 12. The van der Waals surface area contributed by atoms with E-state index in [1.54, 1.807) is 36.5 Å². The summed E-state index contributed by atoms with van der Waals surface area (Å²) in [4.78, 5) is 0. The molecular weight excluding hydrogens is 216 g/mol. The summed E-state index contributed by atoms with van der Waals surface area (Å²) in [6, 6.07) is 0. The first-order chi connectivity index (χ1) is 9.00. The standard InChI is InChI=1S/C18H12/c1-2-4-6-8-10-12-14-16-18-17-15-13-11-9-7-5-3-1/h1-4,9-16H/b2-1-,3-1?,4-2?,11-9?,12-10?,13-11-,14-12-,15-13?,16-14?. The summed E-state index contributed by atoms with van der Waals surface area (Å²) in [5.74, 6) is 0. The molecule has 1 rings (SSSR count). The maximum absolute atomic E-state index is 2.88. The molecule has 84 valence electrons. The van der Waals surface area contributed by atoms with Crippen LogP contribution < -0.4 is 0 Å². The van der Waals surface area contributed by atoms with E-state index in [-0.39, 0.29) is 0 Å². The van der Waals surface area contributed by atoms with Crippen LogP contribution in [-0.2, 0) is 0 Å². The molecule has 1 aliphatic rings. The molecule has 0 heteroatoms. The molecule has 0 heterocycles. The predicted octanol–water partition coefficient (Wildman–Crippen LogP) is 4.27. The van der Waals surface area contributed by atoms with Crippen molar-refractivity contribution in [3.63, 3.8) is 0 Å². The van der Waals surface area contributed by atoms with Crippen molar-refractivity contribution in [1.29, 1.82) is 0 Å². The molecule has 0 saturated carbocycles.